The maximum atomic E-state index is 12.8. The van der Waals surface area contributed by atoms with Crippen LogP contribution in [-0.2, 0) is 4.74 Å². The Balaban J connectivity index is 1.52. The van der Waals surface area contributed by atoms with Gasteiger partial charge in [-0.15, -0.1) is 0 Å². The Kier molecular flexibility index (Phi) is 3.18. The predicted molar refractivity (Wildman–Crippen MR) is 89.3 cm³/mol. The number of rotatable bonds is 4. The summed E-state index contributed by atoms with van der Waals surface area (Å²) in [6.45, 7) is 1.44. The van der Waals surface area contributed by atoms with Gasteiger partial charge in [-0.3, -0.25) is 4.79 Å². The Labute approximate surface area is 142 Å². The fourth-order valence-electron chi connectivity index (χ4n) is 2.82. The van der Waals surface area contributed by atoms with Crippen molar-refractivity contribution in [3.05, 3.63) is 52.9 Å². The van der Waals surface area contributed by atoms with Gasteiger partial charge < -0.3 is 23.4 Å². The molecule has 2 aromatic carbocycles. The van der Waals surface area contributed by atoms with Gasteiger partial charge in [0.25, 0.3) is 0 Å². The topological polar surface area (TPSA) is 70.4 Å². The van der Waals surface area contributed by atoms with Crippen LogP contribution in [0.15, 0.2) is 51.9 Å². The second-order valence-electron chi connectivity index (χ2n) is 5.97. The summed E-state index contributed by atoms with van der Waals surface area (Å²) in [5.41, 5.74) is 1.60. The molecule has 2 aliphatic rings. The van der Waals surface area contributed by atoms with Gasteiger partial charge in [0.2, 0.25) is 6.79 Å². The zero-order valence-electron chi connectivity index (χ0n) is 13.2. The largest absolute Gasteiger partial charge is 0.491 e. The zero-order chi connectivity index (χ0) is 16.8. The molecule has 2 aliphatic heterocycles. The molecule has 0 saturated carbocycles. The first-order chi connectivity index (χ1) is 12.3. The first kappa shape index (κ1) is 14.4. The molecule has 0 aliphatic carbocycles. The van der Waals surface area contributed by atoms with E-state index in [2.05, 4.69) is 0 Å². The molecule has 0 bridgehead atoms. The maximum Gasteiger partial charge on any atom is 0.231 e. The highest BCUT2D eigenvalue weighted by atomic mass is 16.7. The van der Waals surface area contributed by atoms with Gasteiger partial charge in [-0.1, -0.05) is 6.07 Å². The molecule has 1 aromatic heterocycles. The monoisotopic (exact) mass is 338 g/mol. The van der Waals surface area contributed by atoms with Crippen molar-refractivity contribution < 1.29 is 23.4 Å². The Bertz CT molecular complexity index is 1020. The Morgan fingerprint density at radius 3 is 2.84 bits per heavy atom. The van der Waals surface area contributed by atoms with Crippen LogP contribution >= 0.6 is 0 Å². The molecule has 25 heavy (non-hydrogen) atoms. The summed E-state index contributed by atoms with van der Waals surface area (Å²) in [5, 5.41) is 0.505. The summed E-state index contributed by atoms with van der Waals surface area (Å²) in [6, 6.07) is 10.6. The third-order valence-electron chi connectivity index (χ3n) is 4.27. The van der Waals surface area contributed by atoms with Crippen LogP contribution in [0.2, 0.25) is 0 Å². The van der Waals surface area contributed by atoms with Gasteiger partial charge in [0.1, 0.15) is 30.3 Å². The summed E-state index contributed by atoms with van der Waals surface area (Å²) in [5.74, 6) is 1.96. The minimum absolute atomic E-state index is 0.0998. The van der Waals surface area contributed by atoms with Crippen molar-refractivity contribution in [3.63, 3.8) is 0 Å². The van der Waals surface area contributed by atoms with Gasteiger partial charge in [0.15, 0.2) is 16.9 Å². The molecule has 0 N–H and O–H groups in total. The van der Waals surface area contributed by atoms with Gasteiger partial charge in [-0.25, -0.2) is 0 Å². The van der Waals surface area contributed by atoms with Gasteiger partial charge in [0, 0.05) is 6.07 Å². The molecule has 1 saturated heterocycles. The molecule has 6 nitrogen and oxygen atoms in total. The van der Waals surface area contributed by atoms with E-state index in [1.165, 1.54) is 6.26 Å². The van der Waals surface area contributed by atoms with Crippen molar-refractivity contribution in [2.75, 3.05) is 20.0 Å². The molecule has 0 amide bonds. The molecular formula is C19H14O6. The molecule has 1 atom stereocenters. The molecule has 1 fully saturated rings. The van der Waals surface area contributed by atoms with Crippen LogP contribution in [0.1, 0.15) is 0 Å². The average Bonchev–Trinajstić information content (AvgIpc) is 3.35. The highest BCUT2D eigenvalue weighted by Gasteiger charge is 2.23. The standard InChI is InChI=1S/C19H14O6/c20-19-14-3-2-12(21-7-13-8-22-13)6-17(14)23-9-15(19)11-1-4-16-18(5-11)25-10-24-16/h1-6,9,13H,7-8,10H2. The summed E-state index contributed by atoms with van der Waals surface area (Å²) in [6.07, 6.45) is 1.65. The Morgan fingerprint density at radius 1 is 1.08 bits per heavy atom. The first-order valence-corrected chi connectivity index (χ1v) is 7.98. The molecule has 6 heteroatoms. The number of hydrogen-bond donors (Lipinski definition) is 0. The van der Waals surface area contributed by atoms with Crippen molar-refractivity contribution in [2.45, 2.75) is 6.10 Å². The van der Waals surface area contributed by atoms with Gasteiger partial charge in [0.05, 0.1) is 17.6 Å². The SMILES string of the molecule is O=c1c(-c2ccc3c(c2)OCO3)coc2cc(OCC3CO3)ccc12. The lowest BCUT2D eigenvalue weighted by Crippen LogP contribution is -2.06. The fourth-order valence-corrected chi connectivity index (χ4v) is 2.82. The van der Waals surface area contributed by atoms with E-state index in [4.69, 9.17) is 23.4 Å². The van der Waals surface area contributed by atoms with Gasteiger partial charge >= 0.3 is 0 Å². The smallest absolute Gasteiger partial charge is 0.231 e. The van der Waals surface area contributed by atoms with Crippen LogP contribution in [0.25, 0.3) is 22.1 Å². The average molecular weight is 338 g/mol. The van der Waals surface area contributed by atoms with Crippen molar-refractivity contribution in [1.82, 2.24) is 0 Å². The van der Waals surface area contributed by atoms with E-state index in [0.717, 1.165) is 12.2 Å². The number of epoxide rings is 1. The normalized spacial score (nSPS) is 17.7. The molecule has 0 spiro atoms. The van der Waals surface area contributed by atoms with E-state index in [1.54, 1.807) is 30.3 Å². The molecule has 5 rings (SSSR count). The quantitative estimate of drug-likeness (QED) is 0.681. The summed E-state index contributed by atoms with van der Waals surface area (Å²) in [7, 11) is 0. The third kappa shape index (κ3) is 2.60. The van der Waals surface area contributed by atoms with Crippen LogP contribution in [0.5, 0.6) is 17.2 Å². The van der Waals surface area contributed by atoms with Crippen LogP contribution in [0.3, 0.4) is 0 Å². The maximum absolute atomic E-state index is 12.8. The van der Waals surface area contributed by atoms with Crippen LogP contribution in [-0.4, -0.2) is 26.1 Å². The first-order valence-electron chi connectivity index (χ1n) is 7.98. The molecule has 3 heterocycles. The lowest BCUT2D eigenvalue weighted by Gasteiger charge is -2.07. The number of benzene rings is 2. The molecule has 0 radical (unpaired) electrons. The third-order valence-corrected chi connectivity index (χ3v) is 4.27. The second-order valence-corrected chi connectivity index (χ2v) is 5.97. The van der Waals surface area contributed by atoms with Crippen molar-refractivity contribution in [1.29, 1.82) is 0 Å². The lowest BCUT2D eigenvalue weighted by atomic mass is 10.0. The number of ether oxygens (including phenoxy) is 4. The molecule has 1 unspecified atom stereocenters. The Hall–Kier alpha value is -2.99. The minimum atomic E-state index is -0.0998. The summed E-state index contributed by atoms with van der Waals surface area (Å²) >= 11 is 0. The highest BCUT2D eigenvalue weighted by molar-refractivity contribution is 5.83. The fraction of sp³-hybridized carbons (Fsp3) is 0.211. The molecular weight excluding hydrogens is 324 g/mol. The van der Waals surface area contributed by atoms with E-state index in [9.17, 15) is 4.79 Å². The zero-order valence-corrected chi connectivity index (χ0v) is 13.2. The lowest BCUT2D eigenvalue weighted by molar-refractivity contribution is 0.174. The second kappa shape index (κ2) is 5.53. The number of fused-ring (bicyclic) bond motifs is 2. The van der Waals surface area contributed by atoms with E-state index in [1.807, 2.05) is 6.07 Å². The summed E-state index contributed by atoms with van der Waals surface area (Å²) in [4.78, 5) is 12.8. The predicted octanol–water partition coefficient (Wildman–Crippen LogP) is 2.97. The van der Waals surface area contributed by atoms with Crippen LogP contribution < -0.4 is 19.6 Å². The molecule has 3 aromatic rings. The van der Waals surface area contributed by atoms with Crippen molar-refractivity contribution in [2.24, 2.45) is 0 Å². The van der Waals surface area contributed by atoms with E-state index in [0.29, 0.717) is 40.4 Å². The number of hydrogen-bond acceptors (Lipinski definition) is 6. The van der Waals surface area contributed by atoms with Gasteiger partial charge in [-0.05, 0) is 29.8 Å². The Morgan fingerprint density at radius 2 is 1.96 bits per heavy atom. The van der Waals surface area contributed by atoms with Crippen molar-refractivity contribution >= 4 is 11.0 Å². The summed E-state index contributed by atoms with van der Waals surface area (Å²) < 4.78 is 27.1. The van der Waals surface area contributed by atoms with E-state index in [-0.39, 0.29) is 18.3 Å². The highest BCUT2D eigenvalue weighted by Crippen LogP contribution is 2.35. The minimum Gasteiger partial charge on any atom is -0.491 e. The van der Waals surface area contributed by atoms with Gasteiger partial charge in [-0.2, -0.15) is 0 Å². The van der Waals surface area contributed by atoms with E-state index < -0.39 is 0 Å². The van der Waals surface area contributed by atoms with Crippen LogP contribution in [0.4, 0.5) is 0 Å². The van der Waals surface area contributed by atoms with E-state index >= 15 is 0 Å². The van der Waals surface area contributed by atoms with Crippen molar-refractivity contribution in [3.8, 4) is 28.4 Å². The molecule has 126 valence electrons. The van der Waals surface area contributed by atoms with Crippen LogP contribution in [0, 0.1) is 0 Å².